The molecule has 0 aliphatic carbocycles. The maximum absolute atomic E-state index is 12.6. The van der Waals surface area contributed by atoms with E-state index in [-0.39, 0.29) is 38.6 Å². The maximum atomic E-state index is 12.6. The summed E-state index contributed by atoms with van der Waals surface area (Å²) in [6, 6.07) is 0. The molecule has 64 heavy (non-hydrogen) atoms. The molecule has 0 bridgehead atoms. The number of esters is 2. The standard InChI is InChI=1S/C54H104NO8P/c1-3-5-7-9-11-13-15-16-17-18-19-20-21-22-23-24-25-26-27-28-29-30-31-32-33-34-35-36-37-39-41-43-45-47-54(57)63-52(51-62-64(58,59)61-49-48-55)50-60-53(56)46-44-42-40-38-14-12-10-8-6-4-2/h15-16,18-19,52H,3-14,17,20-51,55H2,1-2H3,(H,58,59)/b16-15-,19-18-. The van der Waals surface area contributed by atoms with E-state index >= 15 is 0 Å². The smallest absolute Gasteiger partial charge is 0.462 e. The van der Waals surface area contributed by atoms with E-state index < -0.39 is 26.5 Å². The number of unbranched alkanes of at least 4 members (excludes halogenated alkanes) is 35. The topological polar surface area (TPSA) is 134 Å². The molecule has 0 spiro atoms. The molecule has 0 saturated carbocycles. The lowest BCUT2D eigenvalue weighted by atomic mass is 10.0. The largest absolute Gasteiger partial charge is 0.472 e. The summed E-state index contributed by atoms with van der Waals surface area (Å²) in [6.45, 7) is 3.75. The summed E-state index contributed by atoms with van der Waals surface area (Å²) >= 11 is 0. The van der Waals surface area contributed by atoms with Crippen molar-refractivity contribution in [1.29, 1.82) is 0 Å². The Kier molecular flexibility index (Phi) is 49.7. The van der Waals surface area contributed by atoms with Crippen LogP contribution in [0.1, 0.15) is 277 Å². The highest BCUT2D eigenvalue weighted by atomic mass is 31.2. The van der Waals surface area contributed by atoms with Crippen LogP contribution in [-0.2, 0) is 32.7 Å². The van der Waals surface area contributed by atoms with E-state index in [2.05, 4.69) is 38.2 Å². The molecule has 0 aromatic rings. The minimum Gasteiger partial charge on any atom is -0.462 e. The number of allylic oxidation sites excluding steroid dienone is 4. The van der Waals surface area contributed by atoms with Crippen LogP contribution >= 0.6 is 7.82 Å². The number of carbonyl (C=O) groups is 2. The number of ether oxygens (including phenoxy) is 2. The third-order valence-electron chi connectivity index (χ3n) is 12.1. The summed E-state index contributed by atoms with van der Waals surface area (Å²) in [6.07, 6.45) is 58.3. The van der Waals surface area contributed by atoms with Gasteiger partial charge in [-0.1, -0.05) is 244 Å². The molecule has 0 amide bonds. The molecular weight excluding hydrogens is 822 g/mol. The maximum Gasteiger partial charge on any atom is 0.472 e. The first-order valence-electron chi connectivity index (χ1n) is 27.3. The van der Waals surface area contributed by atoms with Crippen molar-refractivity contribution in [3.8, 4) is 0 Å². The highest BCUT2D eigenvalue weighted by Gasteiger charge is 2.26. The Bertz CT molecular complexity index is 1100. The van der Waals surface area contributed by atoms with Crippen molar-refractivity contribution >= 4 is 19.8 Å². The predicted octanol–water partition coefficient (Wildman–Crippen LogP) is 16.7. The molecule has 0 aliphatic rings. The lowest BCUT2D eigenvalue weighted by molar-refractivity contribution is -0.161. The van der Waals surface area contributed by atoms with Gasteiger partial charge in [-0.05, 0) is 44.9 Å². The Labute approximate surface area is 395 Å². The van der Waals surface area contributed by atoms with Gasteiger partial charge in [0.2, 0.25) is 0 Å². The fourth-order valence-corrected chi connectivity index (χ4v) is 8.79. The number of phosphoric acid groups is 1. The molecule has 9 nitrogen and oxygen atoms in total. The van der Waals surface area contributed by atoms with Crippen molar-refractivity contribution in [2.24, 2.45) is 5.73 Å². The Morgan fingerprint density at radius 1 is 0.469 bits per heavy atom. The molecule has 0 heterocycles. The first kappa shape index (κ1) is 62.5. The SMILES string of the molecule is CCCCCCC/C=C\C/C=C\CCCCCCCCCCCCCCCCCCCCCCCC(=O)OC(COC(=O)CCCCCCCCCCCC)COP(=O)(O)OCCN. The average Bonchev–Trinajstić information content (AvgIpc) is 3.28. The second-order valence-electron chi connectivity index (χ2n) is 18.5. The fraction of sp³-hybridized carbons (Fsp3) is 0.889. The molecule has 0 aromatic carbocycles. The van der Waals surface area contributed by atoms with Crippen LogP contribution in [0.25, 0.3) is 0 Å². The van der Waals surface area contributed by atoms with Crippen LogP contribution < -0.4 is 5.73 Å². The third-order valence-corrected chi connectivity index (χ3v) is 13.1. The van der Waals surface area contributed by atoms with Crippen molar-refractivity contribution in [2.75, 3.05) is 26.4 Å². The van der Waals surface area contributed by atoms with Crippen molar-refractivity contribution in [2.45, 2.75) is 283 Å². The van der Waals surface area contributed by atoms with Crippen LogP contribution in [0, 0.1) is 0 Å². The molecule has 0 radical (unpaired) electrons. The van der Waals surface area contributed by atoms with E-state index in [4.69, 9.17) is 24.3 Å². The van der Waals surface area contributed by atoms with E-state index in [1.54, 1.807) is 0 Å². The lowest BCUT2D eigenvalue weighted by Gasteiger charge is -2.19. The van der Waals surface area contributed by atoms with Crippen molar-refractivity contribution in [1.82, 2.24) is 0 Å². The van der Waals surface area contributed by atoms with Crippen LogP contribution in [0.15, 0.2) is 24.3 Å². The quantitative estimate of drug-likeness (QED) is 0.0265. The Hall–Kier alpha value is -1.51. The van der Waals surface area contributed by atoms with Gasteiger partial charge in [0.15, 0.2) is 6.10 Å². The molecule has 2 atom stereocenters. The number of phosphoric ester groups is 1. The molecule has 2 unspecified atom stereocenters. The first-order chi connectivity index (χ1) is 31.3. The van der Waals surface area contributed by atoms with Gasteiger partial charge < -0.3 is 20.1 Å². The number of hydrogen-bond acceptors (Lipinski definition) is 8. The van der Waals surface area contributed by atoms with Crippen LogP contribution in [0.2, 0.25) is 0 Å². The van der Waals surface area contributed by atoms with Crippen LogP contribution in [0.5, 0.6) is 0 Å². The zero-order chi connectivity index (χ0) is 46.7. The molecule has 0 aliphatic heterocycles. The van der Waals surface area contributed by atoms with E-state index in [0.29, 0.717) is 6.42 Å². The monoisotopic (exact) mass is 926 g/mol. The van der Waals surface area contributed by atoms with Gasteiger partial charge in [-0.25, -0.2) is 4.57 Å². The van der Waals surface area contributed by atoms with Crippen LogP contribution in [0.3, 0.4) is 0 Å². The highest BCUT2D eigenvalue weighted by molar-refractivity contribution is 7.47. The minimum atomic E-state index is -4.37. The summed E-state index contributed by atoms with van der Waals surface area (Å²) < 4.78 is 32.9. The van der Waals surface area contributed by atoms with Crippen LogP contribution in [0.4, 0.5) is 0 Å². The summed E-state index contributed by atoms with van der Waals surface area (Å²) in [7, 11) is -4.37. The van der Waals surface area contributed by atoms with Gasteiger partial charge in [0.25, 0.3) is 0 Å². The Balaban J connectivity index is 3.78. The van der Waals surface area contributed by atoms with E-state index in [9.17, 15) is 19.0 Å². The highest BCUT2D eigenvalue weighted by Crippen LogP contribution is 2.43. The molecular formula is C54H104NO8P. The van der Waals surface area contributed by atoms with E-state index in [1.807, 2.05) is 0 Å². The molecule has 378 valence electrons. The minimum absolute atomic E-state index is 0.0565. The van der Waals surface area contributed by atoms with E-state index in [1.165, 1.54) is 205 Å². The number of hydrogen-bond donors (Lipinski definition) is 2. The van der Waals surface area contributed by atoms with Crippen molar-refractivity contribution < 1.29 is 37.6 Å². The van der Waals surface area contributed by atoms with Crippen LogP contribution in [-0.4, -0.2) is 49.3 Å². The van der Waals surface area contributed by atoms with Gasteiger partial charge in [-0.3, -0.25) is 18.6 Å². The molecule has 0 rings (SSSR count). The van der Waals surface area contributed by atoms with Gasteiger partial charge in [0.05, 0.1) is 13.2 Å². The molecule has 3 N–H and O–H groups in total. The van der Waals surface area contributed by atoms with Gasteiger partial charge in [0.1, 0.15) is 6.61 Å². The number of rotatable bonds is 52. The molecule has 0 aromatic heterocycles. The lowest BCUT2D eigenvalue weighted by Crippen LogP contribution is -2.29. The molecule has 0 fully saturated rings. The second-order valence-corrected chi connectivity index (χ2v) is 19.9. The number of nitrogens with two attached hydrogens (primary N) is 1. The number of carbonyl (C=O) groups excluding carboxylic acids is 2. The normalized spacial score (nSPS) is 13.2. The summed E-state index contributed by atoms with van der Waals surface area (Å²) in [5.74, 6) is -0.816. The first-order valence-corrected chi connectivity index (χ1v) is 28.8. The van der Waals surface area contributed by atoms with Gasteiger partial charge in [-0.2, -0.15) is 0 Å². The van der Waals surface area contributed by atoms with Gasteiger partial charge in [-0.15, -0.1) is 0 Å². The summed E-state index contributed by atoms with van der Waals surface area (Å²) in [5.41, 5.74) is 5.36. The summed E-state index contributed by atoms with van der Waals surface area (Å²) in [4.78, 5) is 34.9. The van der Waals surface area contributed by atoms with Crippen molar-refractivity contribution in [3.63, 3.8) is 0 Å². The zero-order valence-electron chi connectivity index (χ0n) is 42.0. The predicted molar refractivity (Wildman–Crippen MR) is 271 cm³/mol. The van der Waals surface area contributed by atoms with Gasteiger partial charge >= 0.3 is 19.8 Å². The Morgan fingerprint density at radius 3 is 1.19 bits per heavy atom. The fourth-order valence-electron chi connectivity index (χ4n) is 8.02. The average molecular weight is 926 g/mol. The van der Waals surface area contributed by atoms with E-state index in [0.717, 1.165) is 38.5 Å². The van der Waals surface area contributed by atoms with Crippen molar-refractivity contribution in [3.05, 3.63) is 24.3 Å². The zero-order valence-corrected chi connectivity index (χ0v) is 42.9. The summed E-state index contributed by atoms with van der Waals surface area (Å²) in [5, 5.41) is 0. The Morgan fingerprint density at radius 2 is 0.812 bits per heavy atom. The third kappa shape index (κ3) is 49.9. The molecule has 10 heteroatoms. The second kappa shape index (κ2) is 50.9. The van der Waals surface area contributed by atoms with Gasteiger partial charge in [0, 0.05) is 19.4 Å². The molecule has 0 saturated heterocycles.